The monoisotopic (exact) mass is 449 g/mol. The summed E-state index contributed by atoms with van der Waals surface area (Å²) in [6, 6.07) is 18.7. The van der Waals surface area contributed by atoms with Gasteiger partial charge >= 0.3 is 5.97 Å². The number of aliphatic carboxylic acids is 1. The molecule has 1 aromatic heterocycles. The van der Waals surface area contributed by atoms with Crippen LogP contribution < -0.4 is 4.74 Å². The van der Waals surface area contributed by atoms with Crippen LogP contribution in [0.25, 0.3) is 0 Å². The molecular formula is C27H31NO5. The van der Waals surface area contributed by atoms with Crippen LogP contribution >= 0.6 is 0 Å². The first-order chi connectivity index (χ1) is 15.7. The summed E-state index contributed by atoms with van der Waals surface area (Å²) < 4.78 is 13.7. The minimum atomic E-state index is -0.972. The van der Waals surface area contributed by atoms with Gasteiger partial charge in [-0.3, -0.25) is 4.79 Å². The van der Waals surface area contributed by atoms with Crippen LogP contribution in [0.1, 0.15) is 54.4 Å². The molecule has 0 aliphatic carbocycles. The zero-order valence-corrected chi connectivity index (χ0v) is 19.6. The Morgan fingerprint density at radius 3 is 2.45 bits per heavy atom. The van der Waals surface area contributed by atoms with Crippen LogP contribution in [0.5, 0.6) is 5.75 Å². The van der Waals surface area contributed by atoms with Gasteiger partial charge in [-0.15, -0.1) is 0 Å². The summed E-state index contributed by atoms with van der Waals surface area (Å²) in [6.45, 7) is 8.36. The molecule has 174 valence electrons. The molecule has 0 bridgehead atoms. The van der Waals surface area contributed by atoms with Crippen molar-refractivity contribution in [3.8, 4) is 5.75 Å². The smallest absolute Gasteiger partial charge is 0.332 e. The lowest BCUT2D eigenvalue weighted by Crippen LogP contribution is -2.33. The molecule has 1 atom stereocenters. The Morgan fingerprint density at radius 1 is 1.06 bits per heavy atom. The molecule has 0 aliphatic rings. The fraction of sp³-hybridized carbons (Fsp3) is 0.333. The maximum absolute atomic E-state index is 12.9. The van der Waals surface area contributed by atoms with E-state index in [1.165, 1.54) is 0 Å². The molecule has 0 radical (unpaired) electrons. The van der Waals surface area contributed by atoms with Crippen LogP contribution in [0.15, 0.2) is 66.9 Å². The molecule has 0 spiro atoms. The zero-order valence-electron chi connectivity index (χ0n) is 19.6. The third-order valence-electron chi connectivity index (χ3n) is 5.59. The van der Waals surface area contributed by atoms with E-state index in [9.17, 15) is 14.7 Å². The van der Waals surface area contributed by atoms with E-state index in [1.807, 2.05) is 92.2 Å². The highest BCUT2D eigenvalue weighted by atomic mass is 16.5. The molecule has 0 saturated heterocycles. The molecule has 1 heterocycles. The number of ketones is 1. The van der Waals surface area contributed by atoms with Crippen LogP contribution in [0.3, 0.4) is 0 Å². The molecule has 6 heteroatoms. The Hall–Kier alpha value is -3.38. The molecule has 3 rings (SSSR count). The molecule has 0 saturated carbocycles. The van der Waals surface area contributed by atoms with E-state index >= 15 is 0 Å². The fourth-order valence-electron chi connectivity index (χ4n) is 3.62. The Labute approximate surface area is 194 Å². The molecule has 6 nitrogen and oxygen atoms in total. The van der Waals surface area contributed by atoms with Crippen molar-refractivity contribution in [2.24, 2.45) is 0 Å². The number of benzene rings is 2. The summed E-state index contributed by atoms with van der Waals surface area (Å²) in [7, 11) is 0. The first-order valence-corrected chi connectivity index (χ1v) is 11.1. The summed E-state index contributed by atoms with van der Waals surface area (Å²) in [6.07, 6.45) is 1.38. The van der Waals surface area contributed by atoms with Gasteiger partial charge in [0.25, 0.3) is 0 Å². The molecule has 2 aromatic carbocycles. The third kappa shape index (κ3) is 6.11. The first kappa shape index (κ1) is 24.3. The van der Waals surface area contributed by atoms with Gasteiger partial charge in [0.2, 0.25) is 5.78 Å². The van der Waals surface area contributed by atoms with Crippen molar-refractivity contribution < 1.29 is 24.2 Å². The van der Waals surface area contributed by atoms with Crippen LogP contribution in [-0.4, -0.2) is 34.1 Å². The SMILES string of the molecule is CC[C@@H](OC(C)(C)c1cccc(OCCn2cccc2C(=O)c2ccc(C)cc2)c1)C(=O)O. The van der Waals surface area contributed by atoms with E-state index in [-0.39, 0.29) is 5.78 Å². The van der Waals surface area contributed by atoms with E-state index in [0.717, 1.165) is 11.1 Å². The normalized spacial score (nSPS) is 12.4. The summed E-state index contributed by atoms with van der Waals surface area (Å²) in [5.41, 5.74) is 2.43. The molecule has 0 unspecified atom stereocenters. The van der Waals surface area contributed by atoms with Crippen molar-refractivity contribution in [2.45, 2.75) is 52.4 Å². The Kier molecular flexibility index (Phi) is 7.71. The van der Waals surface area contributed by atoms with Gasteiger partial charge in [0, 0.05) is 11.8 Å². The van der Waals surface area contributed by atoms with Gasteiger partial charge in [0.15, 0.2) is 6.10 Å². The summed E-state index contributed by atoms with van der Waals surface area (Å²) in [4.78, 5) is 24.2. The Morgan fingerprint density at radius 2 is 1.79 bits per heavy atom. The number of aryl methyl sites for hydroxylation is 1. The maximum Gasteiger partial charge on any atom is 0.332 e. The van der Waals surface area contributed by atoms with E-state index in [4.69, 9.17) is 9.47 Å². The van der Waals surface area contributed by atoms with Gasteiger partial charge in [0.05, 0.1) is 17.8 Å². The molecule has 0 fully saturated rings. The molecule has 0 amide bonds. The number of hydrogen-bond acceptors (Lipinski definition) is 4. The Balaban J connectivity index is 1.64. The fourth-order valence-corrected chi connectivity index (χ4v) is 3.62. The summed E-state index contributed by atoms with van der Waals surface area (Å²) in [5, 5.41) is 9.31. The topological polar surface area (TPSA) is 77.8 Å². The van der Waals surface area contributed by atoms with E-state index in [2.05, 4.69) is 0 Å². The van der Waals surface area contributed by atoms with Crippen LogP contribution in [0.2, 0.25) is 0 Å². The molecule has 3 aromatic rings. The zero-order chi connectivity index (χ0) is 24.0. The van der Waals surface area contributed by atoms with E-state index in [0.29, 0.717) is 36.6 Å². The van der Waals surface area contributed by atoms with E-state index in [1.54, 1.807) is 6.92 Å². The number of carboxylic acids is 1. The highest BCUT2D eigenvalue weighted by molar-refractivity contribution is 6.08. The van der Waals surface area contributed by atoms with Crippen molar-refractivity contribution in [3.63, 3.8) is 0 Å². The van der Waals surface area contributed by atoms with Crippen LogP contribution in [0, 0.1) is 6.92 Å². The predicted molar refractivity (Wildman–Crippen MR) is 127 cm³/mol. The number of rotatable bonds is 11. The third-order valence-corrected chi connectivity index (χ3v) is 5.59. The number of ether oxygens (including phenoxy) is 2. The number of carbonyl (C=O) groups is 2. The van der Waals surface area contributed by atoms with Crippen molar-refractivity contribution in [1.82, 2.24) is 4.57 Å². The molecule has 1 N–H and O–H groups in total. The average molecular weight is 450 g/mol. The minimum Gasteiger partial charge on any atom is -0.492 e. The highest BCUT2D eigenvalue weighted by Crippen LogP contribution is 2.29. The second kappa shape index (κ2) is 10.5. The molecule has 0 aliphatic heterocycles. The number of hydrogen-bond donors (Lipinski definition) is 1. The quantitative estimate of drug-likeness (QED) is 0.406. The first-order valence-electron chi connectivity index (χ1n) is 11.1. The number of nitrogens with zero attached hydrogens (tertiary/aromatic N) is 1. The van der Waals surface area contributed by atoms with Crippen molar-refractivity contribution in [3.05, 3.63) is 89.2 Å². The second-order valence-electron chi connectivity index (χ2n) is 8.52. The van der Waals surface area contributed by atoms with E-state index < -0.39 is 17.7 Å². The molecular weight excluding hydrogens is 418 g/mol. The van der Waals surface area contributed by atoms with Gasteiger partial charge in [-0.2, -0.15) is 0 Å². The lowest BCUT2D eigenvalue weighted by atomic mass is 9.97. The Bertz CT molecular complexity index is 1100. The minimum absolute atomic E-state index is 0.0233. The molecule has 33 heavy (non-hydrogen) atoms. The van der Waals surface area contributed by atoms with Gasteiger partial charge < -0.3 is 19.1 Å². The second-order valence-corrected chi connectivity index (χ2v) is 8.52. The van der Waals surface area contributed by atoms with Gasteiger partial charge in [-0.1, -0.05) is 48.9 Å². The summed E-state index contributed by atoms with van der Waals surface area (Å²) >= 11 is 0. The van der Waals surface area contributed by atoms with Crippen molar-refractivity contribution >= 4 is 11.8 Å². The maximum atomic E-state index is 12.9. The van der Waals surface area contributed by atoms with Gasteiger partial charge in [-0.25, -0.2) is 4.79 Å². The van der Waals surface area contributed by atoms with Crippen LogP contribution in [-0.2, 0) is 21.7 Å². The largest absolute Gasteiger partial charge is 0.492 e. The highest BCUT2D eigenvalue weighted by Gasteiger charge is 2.29. The predicted octanol–water partition coefficient (Wildman–Crippen LogP) is 5.22. The number of carboxylic acid groups (broad SMARTS) is 1. The summed E-state index contributed by atoms with van der Waals surface area (Å²) in [5.74, 6) is -0.336. The number of carbonyl (C=O) groups excluding carboxylic acids is 1. The van der Waals surface area contributed by atoms with Gasteiger partial charge in [0.1, 0.15) is 12.4 Å². The van der Waals surface area contributed by atoms with Crippen molar-refractivity contribution in [2.75, 3.05) is 6.61 Å². The van der Waals surface area contributed by atoms with Gasteiger partial charge in [-0.05, 0) is 57.0 Å². The average Bonchev–Trinajstić information content (AvgIpc) is 3.26. The lowest BCUT2D eigenvalue weighted by Gasteiger charge is -2.29. The lowest BCUT2D eigenvalue weighted by molar-refractivity contribution is -0.162. The van der Waals surface area contributed by atoms with Crippen molar-refractivity contribution in [1.29, 1.82) is 0 Å². The van der Waals surface area contributed by atoms with Crippen LogP contribution in [0.4, 0.5) is 0 Å². The standard InChI is InChI=1S/C27H31NO5/c1-5-24(26(30)31)33-27(3,4)21-8-6-9-22(18-21)32-17-16-28-15-7-10-23(28)25(29)20-13-11-19(2)12-14-20/h6-15,18,24H,5,16-17H2,1-4H3,(H,30,31)/t24-/m1/s1. The number of aromatic nitrogens is 1.